The highest BCUT2D eigenvalue weighted by atomic mass is 14.3. The van der Waals surface area contributed by atoms with E-state index >= 15 is 0 Å². The molecule has 0 heterocycles. The summed E-state index contributed by atoms with van der Waals surface area (Å²) in [5, 5.41) is 0. The Morgan fingerprint density at radius 3 is 1.61 bits per heavy atom. The molecule has 0 atom stereocenters. The predicted molar refractivity (Wildman–Crippen MR) is 82.3 cm³/mol. The SMILES string of the molecule is CCCCC(C)(C)c1ccc(C(C)(C)CC)cc1. The summed E-state index contributed by atoms with van der Waals surface area (Å²) < 4.78 is 0. The third kappa shape index (κ3) is 3.60. The fraction of sp³-hybridized carbons (Fsp3) is 0.667. The van der Waals surface area contributed by atoms with Gasteiger partial charge < -0.3 is 0 Å². The van der Waals surface area contributed by atoms with Crippen molar-refractivity contribution in [2.24, 2.45) is 0 Å². The Bertz CT molecular complexity index is 354. The van der Waals surface area contributed by atoms with Gasteiger partial charge in [0.2, 0.25) is 0 Å². The minimum absolute atomic E-state index is 0.298. The zero-order chi connectivity index (χ0) is 13.8. The standard InChI is InChI=1S/C18H30/c1-7-9-14-18(5,6)16-12-10-15(11-13-16)17(3,4)8-2/h10-13H,7-9,14H2,1-6H3. The normalized spacial score (nSPS) is 12.8. The predicted octanol–water partition coefficient (Wildman–Crippen LogP) is 5.84. The fourth-order valence-corrected chi connectivity index (χ4v) is 2.34. The maximum atomic E-state index is 2.36. The Hall–Kier alpha value is -0.780. The number of hydrogen-bond acceptors (Lipinski definition) is 0. The van der Waals surface area contributed by atoms with Crippen molar-refractivity contribution in [3.8, 4) is 0 Å². The Morgan fingerprint density at radius 1 is 0.778 bits per heavy atom. The van der Waals surface area contributed by atoms with E-state index in [-0.39, 0.29) is 0 Å². The smallest absolute Gasteiger partial charge is 0.0104 e. The summed E-state index contributed by atoms with van der Waals surface area (Å²) in [5.41, 5.74) is 3.54. The number of unbranched alkanes of at least 4 members (excludes halogenated alkanes) is 1. The maximum Gasteiger partial charge on any atom is -0.0104 e. The van der Waals surface area contributed by atoms with E-state index in [0.717, 1.165) is 0 Å². The first-order valence-corrected chi connectivity index (χ1v) is 7.44. The first kappa shape index (κ1) is 15.3. The third-order valence-corrected chi connectivity index (χ3v) is 4.49. The van der Waals surface area contributed by atoms with Crippen molar-refractivity contribution in [3.05, 3.63) is 35.4 Å². The van der Waals surface area contributed by atoms with Crippen molar-refractivity contribution in [3.63, 3.8) is 0 Å². The molecular weight excluding hydrogens is 216 g/mol. The second kappa shape index (κ2) is 5.91. The van der Waals surface area contributed by atoms with Gasteiger partial charge in [-0.2, -0.15) is 0 Å². The van der Waals surface area contributed by atoms with Crippen LogP contribution in [0.1, 0.15) is 78.4 Å². The number of rotatable bonds is 6. The Kier molecular flexibility index (Phi) is 5.01. The van der Waals surface area contributed by atoms with E-state index < -0.39 is 0 Å². The van der Waals surface area contributed by atoms with Crippen LogP contribution in [0.3, 0.4) is 0 Å². The summed E-state index contributed by atoms with van der Waals surface area (Å²) >= 11 is 0. The van der Waals surface area contributed by atoms with Crippen LogP contribution in [0.5, 0.6) is 0 Å². The lowest BCUT2D eigenvalue weighted by Gasteiger charge is -2.28. The van der Waals surface area contributed by atoms with E-state index in [0.29, 0.717) is 10.8 Å². The van der Waals surface area contributed by atoms with Crippen molar-refractivity contribution in [2.75, 3.05) is 0 Å². The summed E-state index contributed by atoms with van der Waals surface area (Å²) in [5.74, 6) is 0. The van der Waals surface area contributed by atoms with Gasteiger partial charge in [-0.25, -0.2) is 0 Å². The molecule has 0 aliphatic rings. The van der Waals surface area contributed by atoms with Crippen LogP contribution in [0.2, 0.25) is 0 Å². The van der Waals surface area contributed by atoms with Gasteiger partial charge in [-0.05, 0) is 34.8 Å². The highest BCUT2D eigenvalue weighted by molar-refractivity contribution is 5.31. The van der Waals surface area contributed by atoms with Gasteiger partial charge in [0.25, 0.3) is 0 Å². The van der Waals surface area contributed by atoms with E-state index in [2.05, 4.69) is 65.8 Å². The molecule has 1 aromatic rings. The topological polar surface area (TPSA) is 0 Å². The highest BCUT2D eigenvalue weighted by Crippen LogP contribution is 2.32. The summed E-state index contributed by atoms with van der Waals surface area (Å²) in [4.78, 5) is 0. The molecule has 0 spiro atoms. The lowest BCUT2D eigenvalue weighted by molar-refractivity contribution is 0.456. The molecule has 1 aromatic carbocycles. The molecule has 0 saturated heterocycles. The van der Waals surface area contributed by atoms with Gasteiger partial charge >= 0.3 is 0 Å². The molecule has 0 aliphatic carbocycles. The summed E-state index contributed by atoms with van der Waals surface area (Å²) in [7, 11) is 0. The Labute approximate surface area is 114 Å². The van der Waals surface area contributed by atoms with Crippen LogP contribution in [-0.2, 0) is 10.8 Å². The van der Waals surface area contributed by atoms with E-state index in [1.807, 2.05) is 0 Å². The van der Waals surface area contributed by atoms with E-state index in [1.165, 1.54) is 36.8 Å². The Morgan fingerprint density at radius 2 is 1.22 bits per heavy atom. The van der Waals surface area contributed by atoms with Gasteiger partial charge in [-0.3, -0.25) is 0 Å². The van der Waals surface area contributed by atoms with Crippen molar-refractivity contribution >= 4 is 0 Å². The van der Waals surface area contributed by atoms with Crippen LogP contribution in [0.4, 0.5) is 0 Å². The molecule has 0 aliphatic heterocycles. The van der Waals surface area contributed by atoms with Gasteiger partial charge in [0.1, 0.15) is 0 Å². The van der Waals surface area contributed by atoms with Crippen LogP contribution < -0.4 is 0 Å². The minimum atomic E-state index is 0.298. The minimum Gasteiger partial charge on any atom is -0.0654 e. The molecule has 0 fully saturated rings. The average Bonchev–Trinajstić information content (AvgIpc) is 2.36. The maximum absolute atomic E-state index is 2.36. The third-order valence-electron chi connectivity index (χ3n) is 4.49. The number of hydrogen-bond donors (Lipinski definition) is 0. The van der Waals surface area contributed by atoms with Crippen LogP contribution in [0.15, 0.2) is 24.3 Å². The largest absolute Gasteiger partial charge is 0.0654 e. The first-order chi connectivity index (χ1) is 8.33. The molecule has 0 radical (unpaired) electrons. The second-order valence-electron chi connectivity index (χ2n) is 6.80. The van der Waals surface area contributed by atoms with Gasteiger partial charge in [-0.1, -0.05) is 78.6 Å². The molecule has 0 unspecified atom stereocenters. The first-order valence-electron chi connectivity index (χ1n) is 7.44. The zero-order valence-corrected chi connectivity index (χ0v) is 13.1. The second-order valence-corrected chi connectivity index (χ2v) is 6.80. The molecule has 1 rings (SSSR count). The zero-order valence-electron chi connectivity index (χ0n) is 13.1. The van der Waals surface area contributed by atoms with Gasteiger partial charge in [0.05, 0.1) is 0 Å². The fourth-order valence-electron chi connectivity index (χ4n) is 2.34. The van der Waals surface area contributed by atoms with Crippen LogP contribution in [-0.4, -0.2) is 0 Å². The highest BCUT2D eigenvalue weighted by Gasteiger charge is 2.22. The molecule has 18 heavy (non-hydrogen) atoms. The molecule has 0 aromatic heterocycles. The van der Waals surface area contributed by atoms with Crippen LogP contribution >= 0.6 is 0 Å². The molecule has 0 nitrogen and oxygen atoms in total. The molecule has 0 heteroatoms. The van der Waals surface area contributed by atoms with Crippen molar-refractivity contribution in [1.29, 1.82) is 0 Å². The molecular formula is C18H30. The van der Waals surface area contributed by atoms with E-state index in [9.17, 15) is 0 Å². The van der Waals surface area contributed by atoms with Gasteiger partial charge in [-0.15, -0.1) is 0 Å². The van der Waals surface area contributed by atoms with E-state index in [1.54, 1.807) is 0 Å². The van der Waals surface area contributed by atoms with Crippen LogP contribution in [0, 0.1) is 0 Å². The number of benzene rings is 1. The van der Waals surface area contributed by atoms with Crippen molar-refractivity contribution < 1.29 is 0 Å². The molecule has 0 amide bonds. The summed E-state index contributed by atoms with van der Waals surface area (Å²) in [6.07, 6.45) is 5.06. The lowest BCUT2D eigenvalue weighted by Crippen LogP contribution is -2.19. The molecule has 102 valence electrons. The summed E-state index contributed by atoms with van der Waals surface area (Å²) in [6, 6.07) is 9.32. The quantitative estimate of drug-likeness (QED) is 0.591. The van der Waals surface area contributed by atoms with E-state index in [4.69, 9.17) is 0 Å². The summed E-state index contributed by atoms with van der Waals surface area (Å²) in [6.45, 7) is 13.9. The Balaban J connectivity index is 2.89. The molecule has 0 bridgehead atoms. The van der Waals surface area contributed by atoms with Crippen molar-refractivity contribution in [1.82, 2.24) is 0 Å². The molecule has 0 saturated carbocycles. The lowest BCUT2D eigenvalue weighted by atomic mass is 9.77. The average molecular weight is 246 g/mol. The van der Waals surface area contributed by atoms with Gasteiger partial charge in [0.15, 0.2) is 0 Å². The van der Waals surface area contributed by atoms with Gasteiger partial charge in [0, 0.05) is 0 Å². The van der Waals surface area contributed by atoms with Crippen LogP contribution in [0.25, 0.3) is 0 Å². The monoisotopic (exact) mass is 246 g/mol. The van der Waals surface area contributed by atoms with Crippen molar-refractivity contribution in [2.45, 2.75) is 78.1 Å². The molecule has 0 N–H and O–H groups in total.